The molecule has 1 aliphatic rings. The fourth-order valence-electron chi connectivity index (χ4n) is 2.96. The summed E-state index contributed by atoms with van der Waals surface area (Å²) in [7, 11) is 0. The zero-order valence-corrected chi connectivity index (χ0v) is 11.8. The summed E-state index contributed by atoms with van der Waals surface area (Å²) in [6, 6.07) is 0.882. The summed E-state index contributed by atoms with van der Waals surface area (Å²) < 4.78 is 0. The fraction of sp³-hybridized carbons (Fsp3) is 1.00. The average Bonchev–Trinajstić information content (AvgIpc) is 2.86. The van der Waals surface area contributed by atoms with Gasteiger partial charge in [-0.2, -0.15) is 0 Å². The SMILES string of the molecule is CCCCCCCN(CCCN)C1CCCC1. The van der Waals surface area contributed by atoms with E-state index in [4.69, 9.17) is 5.73 Å². The molecule has 0 atom stereocenters. The van der Waals surface area contributed by atoms with Gasteiger partial charge in [-0.1, -0.05) is 45.4 Å². The van der Waals surface area contributed by atoms with Crippen LogP contribution in [-0.4, -0.2) is 30.6 Å². The van der Waals surface area contributed by atoms with E-state index in [9.17, 15) is 0 Å². The van der Waals surface area contributed by atoms with Crippen LogP contribution in [0.4, 0.5) is 0 Å². The van der Waals surface area contributed by atoms with E-state index in [1.165, 1.54) is 77.3 Å². The molecule has 0 spiro atoms. The number of hydrogen-bond donors (Lipinski definition) is 1. The minimum Gasteiger partial charge on any atom is -0.330 e. The van der Waals surface area contributed by atoms with Gasteiger partial charge in [0.25, 0.3) is 0 Å². The largest absolute Gasteiger partial charge is 0.330 e. The molecule has 0 unspecified atom stereocenters. The second-order valence-electron chi connectivity index (χ2n) is 5.53. The summed E-state index contributed by atoms with van der Waals surface area (Å²) in [5, 5.41) is 0. The van der Waals surface area contributed by atoms with E-state index >= 15 is 0 Å². The highest BCUT2D eigenvalue weighted by Crippen LogP contribution is 2.24. The van der Waals surface area contributed by atoms with E-state index in [2.05, 4.69) is 11.8 Å². The molecule has 1 aliphatic carbocycles. The summed E-state index contributed by atoms with van der Waals surface area (Å²) in [4.78, 5) is 2.73. The van der Waals surface area contributed by atoms with Gasteiger partial charge in [-0.15, -0.1) is 0 Å². The maximum Gasteiger partial charge on any atom is 0.00952 e. The highest BCUT2D eigenvalue weighted by molar-refractivity contribution is 4.77. The van der Waals surface area contributed by atoms with Crippen molar-refractivity contribution in [2.45, 2.75) is 77.2 Å². The Morgan fingerprint density at radius 3 is 2.24 bits per heavy atom. The molecular formula is C15H32N2. The van der Waals surface area contributed by atoms with Crippen molar-refractivity contribution in [1.29, 1.82) is 0 Å². The van der Waals surface area contributed by atoms with Crippen molar-refractivity contribution in [1.82, 2.24) is 4.90 Å². The minimum atomic E-state index is 0.846. The molecule has 0 saturated heterocycles. The molecule has 0 aromatic heterocycles. The molecule has 2 N–H and O–H groups in total. The van der Waals surface area contributed by atoms with Crippen LogP contribution in [0.1, 0.15) is 71.1 Å². The molecule has 0 aromatic rings. The van der Waals surface area contributed by atoms with Crippen molar-refractivity contribution in [3.63, 3.8) is 0 Å². The van der Waals surface area contributed by atoms with Gasteiger partial charge < -0.3 is 10.6 Å². The fourth-order valence-corrected chi connectivity index (χ4v) is 2.96. The summed E-state index contributed by atoms with van der Waals surface area (Å²) >= 11 is 0. The molecule has 1 rings (SSSR count). The van der Waals surface area contributed by atoms with Gasteiger partial charge in [-0.3, -0.25) is 0 Å². The van der Waals surface area contributed by atoms with Crippen LogP contribution < -0.4 is 5.73 Å². The van der Waals surface area contributed by atoms with Gasteiger partial charge in [0.2, 0.25) is 0 Å². The molecule has 0 heterocycles. The van der Waals surface area contributed by atoms with E-state index in [1.807, 2.05) is 0 Å². The summed E-state index contributed by atoms with van der Waals surface area (Å²) in [6.07, 6.45) is 13.9. The van der Waals surface area contributed by atoms with Crippen molar-refractivity contribution < 1.29 is 0 Å². The molecule has 2 nitrogen and oxygen atoms in total. The lowest BCUT2D eigenvalue weighted by atomic mass is 10.1. The van der Waals surface area contributed by atoms with Gasteiger partial charge in [-0.25, -0.2) is 0 Å². The Balaban J connectivity index is 2.15. The third kappa shape index (κ3) is 6.42. The molecule has 17 heavy (non-hydrogen) atoms. The molecule has 0 radical (unpaired) electrons. The Labute approximate surface area is 108 Å². The Morgan fingerprint density at radius 1 is 0.941 bits per heavy atom. The highest BCUT2D eigenvalue weighted by atomic mass is 15.2. The van der Waals surface area contributed by atoms with Crippen LogP contribution in [0.5, 0.6) is 0 Å². The lowest BCUT2D eigenvalue weighted by Crippen LogP contribution is -2.35. The molecule has 0 bridgehead atoms. The van der Waals surface area contributed by atoms with Gasteiger partial charge in [0.15, 0.2) is 0 Å². The first-order valence-electron chi connectivity index (χ1n) is 7.82. The summed E-state index contributed by atoms with van der Waals surface area (Å²) in [5.74, 6) is 0. The predicted molar refractivity (Wildman–Crippen MR) is 76.3 cm³/mol. The second kappa shape index (κ2) is 9.90. The predicted octanol–water partition coefficient (Wildman–Crippen LogP) is 3.55. The first-order valence-corrected chi connectivity index (χ1v) is 7.82. The van der Waals surface area contributed by atoms with E-state index in [0.29, 0.717) is 0 Å². The van der Waals surface area contributed by atoms with Crippen LogP contribution in [0.15, 0.2) is 0 Å². The topological polar surface area (TPSA) is 29.3 Å². The van der Waals surface area contributed by atoms with Gasteiger partial charge in [-0.05, 0) is 45.3 Å². The molecular weight excluding hydrogens is 208 g/mol. The molecule has 1 fully saturated rings. The maximum absolute atomic E-state index is 5.64. The van der Waals surface area contributed by atoms with Crippen molar-refractivity contribution in [2.75, 3.05) is 19.6 Å². The Morgan fingerprint density at radius 2 is 1.59 bits per heavy atom. The van der Waals surface area contributed by atoms with Crippen LogP contribution >= 0.6 is 0 Å². The second-order valence-corrected chi connectivity index (χ2v) is 5.53. The van der Waals surface area contributed by atoms with E-state index in [0.717, 1.165) is 12.6 Å². The van der Waals surface area contributed by atoms with Crippen molar-refractivity contribution in [3.05, 3.63) is 0 Å². The smallest absolute Gasteiger partial charge is 0.00952 e. The first kappa shape index (κ1) is 15.0. The Hall–Kier alpha value is -0.0800. The molecule has 0 aliphatic heterocycles. The van der Waals surface area contributed by atoms with Gasteiger partial charge >= 0.3 is 0 Å². The standard InChI is InChI=1S/C15H32N2/c1-2-3-4-5-8-13-17(14-9-12-16)15-10-6-7-11-15/h15H,2-14,16H2,1H3. The van der Waals surface area contributed by atoms with E-state index in [1.54, 1.807) is 0 Å². The van der Waals surface area contributed by atoms with Crippen LogP contribution in [0.3, 0.4) is 0 Å². The first-order chi connectivity index (χ1) is 8.38. The number of nitrogens with zero attached hydrogens (tertiary/aromatic N) is 1. The Kier molecular flexibility index (Phi) is 8.72. The quantitative estimate of drug-likeness (QED) is 0.592. The number of hydrogen-bond acceptors (Lipinski definition) is 2. The van der Waals surface area contributed by atoms with Gasteiger partial charge in [0.05, 0.1) is 0 Å². The lowest BCUT2D eigenvalue weighted by molar-refractivity contribution is 0.193. The third-order valence-electron chi connectivity index (χ3n) is 4.04. The molecule has 0 amide bonds. The molecule has 2 heteroatoms. The minimum absolute atomic E-state index is 0.846. The molecule has 1 saturated carbocycles. The van der Waals surface area contributed by atoms with Crippen LogP contribution in [0.25, 0.3) is 0 Å². The van der Waals surface area contributed by atoms with E-state index in [-0.39, 0.29) is 0 Å². The number of rotatable bonds is 10. The normalized spacial score (nSPS) is 17.1. The molecule has 0 aromatic carbocycles. The number of unbranched alkanes of at least 4 members (excludes halogenated alkanes) is 4. The van der Waals surface area contributed by atoms with Crippen LogP contribution in [-0.2, 0) is 0 Å². The van der Waals surface area contributed by atoms with Crippen LogP contribution in [0.2, 0.25) is 0 Å². The third-order valence-corrected chi connectivity index (χ3v) is 4.04. The zero-order valence-electron chi connectivity index (χ0n) is 11.8. The van der Waals surface area contributed by atoms with Crippen molar-refractivity contribution in [2.24, 2.45) is 5.73 Å². The van der Waals surface area contributed by atoms with Crippen molar-refractivity contribution in [3.8, 4) is 0 Å². The zero-order chi connectivity index (χ0) is 12.3. The molecule has 102 valence electrons. The van der Waals surface area contributed by atoms with Gasteiger partial charge in [0.1, 0.15) is 0 Å². The average molecular weight is 240 g/mol. The number of nitrogens with two attached hydrogens (primary N) is 1. The van der Waals surface area contributed by atoms with Crippen molar-refractivity contribution >= 4 is 0 Å². The van der Waals surface area contributed by atoms with Gasteiger partial charge in [0, 0.05) is 6.04 Å². The lowest BCUT2D eigenvalue weighted by Gasteiger charge is -2.28. The summed E-state index contributed by atoms with van der Waals surface area (Å²) in [5.41, 5.74) is 5.64. The maximum atomic E-state index is 5.64. The monoisotopic (exact) mass is 240 g/mol. The summed E-state index contributed by atoms with van der Waals surface area (Å²) in [6.45, 7) is 5.68. The van der Waals surface area contributed by atoms with Crippen LogP contribution in [0, 0.1) is 0 Å². The Bertz CT molecular complexity index is 164. The van der Waals surface area contributed by atoms with E-state index < -0.39 is 0 Å². The highest BCUT2D eigenvalue weighted by Gasteiger charge is 2.21.